The SMILES string of the molecule is CCC(=O)O[C@]1(C(=O)CO)[C@@H](C)C[C@H]2[C@@H]3C[C@H](C)C4=CC(=O)CC[C@]4(C)[C@@]3(F)[C@@H](O)C[C@@]21C. The number of fused-ring (bicyclic) bond motifs is 5. The Balaban J connectivity index is 1.87. The number of hydrogen-bond acceptors (Lipinski definition) is 6. The van der Waals surface area contributed by atoms with Crippen molar-refractivity contribution >= 4 is 17.5 Å². The molecule has 0 aromatic heterocycles. The van der Waals surface area contributed by atoms with Crippen LogP contribution in [0, 0.1) is 34.5 Å². The Labute approximate surface area is 195 Å². The Bertz CT molecular complexity index is 914. The zero-order valence-electron chi connectivity index (χ0n) is 20.3. The van der Waals surface area contributed by atoms with Gasteiger partial charge in [-0.1, -0.05) is 40.2 Å². The van der Waals surface area contributed by atoms with Crippen molar-refractivity contribution in [3.8, 4) is 0 Å². The Morgan fingerprint density at radius 2 is 1.88 bits per heavy atom. The van der Waals surface area contributed by atoms with E-state index in [1.165, 1.54) is 0 Å². The number of alkyl halides is 1. The average Bonchev–Trinajstić information content (AvgIpc) is 2.98. The van der Waals surface area contributed by atoms with Crippen LogP contribution < -0.4 is 0 Å². The van der Waals surface area contributed by atoms with Crippen molar-refractivity contribution in [2.75, 3.05) is 6.61 Å². The number of carbonyl (C=O) groups is 3. The van der Waals surface area contributed by atoms with Gasteiger partial charge in [-0.2, -0.15) is 0 Å². The molecule has 33 heavy (non-hydrogen) atoms. The van der Waals surface area contributed by atoms with Crippen LogP contribution in [0.25, 0.3) is 0 Å². The average molecular weight is 465 g/mol. The van der Waals surface area contributed by atoms with Gasteiger partial charge in [0.25, 0.3) is 0 Å². The van der Waals surface area contributed by atoms with E-state index < -0.39 is 58.4 Å². The lowest BCUT2D eigenvalue weighted by molar-refractivity contribution is -0.238. The molecule has 184 valence electrons. The second kappa shape index (κ2) is 7.70. The minimum absolute atomic E-state index is 0.0000358. The van der Waals surface area contributed by atoms with E-state index in [4.69, 9.17) is 4.74 Å². The highest BCUT2D eigenvalue weighted by molar-refractivity contribution is 5.93. The van der Waals surface area contributed by atoms with Crippen LogP contribution in [0.2, 0.25) is 0 Å². The van der Waals surface area contributed by atoms with Gasteiger partial charge in [-0.05, 0) is 43.6 Å². The molecule has 0 unspecified atom stereocenters. The number of carbonyl (C=O) groups excluding carboxylic acids is 3. The molecule has 7 heteroatoms. The number of allylic oxidation sites excluding steroid dienone is 1. The topological polar surface area (TPSA) is 101 Å². The van der Waals surface area contributed by atoms with Crippen LogP contribution in [-0.2, 0) is 19.1 Å². The Morgan fingerprint density at radius 1 is 1.21 bits per heavy atom. The molecule has 4 rings (SSSR count). The number of hydrogen-bond donors (Lipinski definition) is 2. The number of aliphatic hydroxyl groups excluding tert-OH is 2. The van der Waals surface area contributed by atoms with Crippen LogP contribution in [0.3, 0.4) is 0 Å². The van der Waals surface area contributed by atoms with E-state index in [2.05, 4.69) is 0 Å². The molecular weight excluding hydrogens is 427 g/mol. The zero-order valence-corrected chi connectivity index (χ0v) is 20.3. The number of esters is 1. The summed E-state index contributed by atoms with van der Waals surface area (Å²) in [6.07, 6.45) is 1.71. The number of rotatable bonds is 4. The molecule has 4 aliphatic rings. The molecule has 0 aliphatic heterocycles. The maximum absolute atomic E-state index is 17.4. The summed E-state index contributed by atoms with van der Waals surface area (Å²) in [6.45, 7) is 8.34. The molecule has 0 saturated heterocycles. The molecule has 0 amide bonds. The number of halogens is 1. The van der Waals surface area contributed by atoms with E-state index in [1.807, 2.05) is 27.7 Å². The van der Waals surface area contributed by atoms with Gasteiger partial charge in [0, 0.05) is 35.5 Å². The molecule has 0 bridgehead atoms. The summed E-state index contributed by atoms with van der Waals surface area (Å²) in [5, 5.41) is 21.4. The number of ether oxygens (including phenoxy) is 1. The first-order valence-electron chi connectivity index (χ1n) is 12.3. The van der Waals surface area contributed by atoms with Gasteiger partial charge in [-0.3, -0.25) is 14.4 Å². The normalized spacial score (nSPS) is 48.9. The van der Waals surface area contributed by atoms with Crippen LogP contribution >= 0.6 is 0 Å². The van der Waals surface area contributed by atoms with Crippen molar-refractivity contribution in [3.05, 3.63) is 11.6 Å². The van der Waals surface area contributed by atoms with Gasteiger partial charge in [0.2, 0.25) is 5.78 Å². The first kappa shape index (κ1) is 24.5. The largest absolute Gasteiger partial charge is 0.450 e. The quantitative estimate of drug-likeness (QED) is 0.619. The highest BCUT2D eigenvalue weighted by Crippen LogP contribution is 2.72. The summed E-state index contributed by atoms with van der Waals surface area (Å²) in [5.41, 5.74) is -4.77. The third-order valence-electron chi connectivity index (χ3n) is 10.0. The van der Waals surface area contributed by atoms with Gasteiger partial charge in [0.15, 0.2) is 11.4 Å². The van der Waals surface area contributed by atoms with E-state index in [0.29, 0.717) is 19.3 Å². The lowest BCUT2D eigenvalue weighted by Crippen LogP contribution is -2.71. The molecule has 0 spiro atoms. The molecule has 0 aromatic carbocycles. The Kier molecular flexibility index (Phi) is 5.73. The van der Waals surface area contributed by atoms with E-state index in [9.17, 15) is 24.6 Å². The van der Waals surface area contributed by atoms with Crippen LogP contribution in [0.1, 0.15) is 73.1 Å². The summed E-state index contributed by atoms with van der Waals surface area (Å²) in [6, 6.07) is 0. The first-order valence-corrected chi connectivity index (χ1v) is 12.3. The first-order chi connectivity index (χ1) is 15.3. The molecule has 4 aliphatic carbocycles. The van der Waals surface area contributed by atoms with Crippen LogP contribution in [-0.4, -0.2) is 51.7 Å². The van der Waals surface area contributed by atoms with Crippen LogP contribution in [0.5, 0.6) is 0 Å². The maximum Gasteiger partial charge on any atom is 0.306 e. The standard InChI is InChI=1S/C26H37FO6/c1-6-22(32)33-26(21(31)13-28)15(3)10-18-19-9-14(2)17-11-16(29)7-8-23(17,4)25(19,27)20(30)12-24(18,26)5/h11,14-15,18-20,28,30H,6-10,12-13H2,1-5H3/t14-,15-,18-,19-,20-,23-,24-,25-,26-/m0/s1. The minimum atomic E-state index is -1.96. The van der Waals surface area contributed by atoms with Gasteiger partial charge in [-0.25, -0.2) is 4.39 Å². The lowest BCUT2D eigenvalue weighted by Gasteiger charge is -2.64. The zero-order chi connectivity index (χ0) is 24.6. The van der Waals surface area contributed by atoms with Gasteiger partial charge < -0.3 is 14.9 Å². The molecule has 3 saturated carbocycles. The summed E-state index contributed by atoms with van der Waals surface area (Å²) in [5.74, 6) is -2.48. The van der Waals surface area contributed by atoms with Crippen molar-refractivity contribution in [3.63, 3.8) is 0 Å². The minimum Gasteiger partial charge on any atom is -0.450 e. The van der Waals surface area contributed by atoms with Crippen LogP contribution in [0.4, 0.5) is 4.39 Å². The van der Waals surface area contributed by atoms with E-state index >= 15 is 4.39 Å². The highest BCUT2D eigenvalue weighted by Gasteiger charge is 2.77. The molecule has 0 radical (unpaired) electrons. The molecule has 0 heterocycles. The molecule has 6 nitrogen and oxygen atoms in total. The fraction of sp³-hybridized carbons (Fsp3) is 0.808. The van der Waals surface area contributed by atoms with E-state index in [0.717, 1.165) is 5.57 Å². The predicted molar refractivity (Wildman–Crippen MR) is 119 cm³/mol. The second-order valence-corrected chi connectivity index (χ2v) is 11.4. The van der Waals surface area contributed by atoms with Crippen molar-refractivity contribution in [1.82, 2.24) is 0 Å². The van der Waals surface area contributed by atoms with Gasteiger partial charge in [0.05, 0.1) is 6.10 Å². The molecule has 2 N–H and O–H groups in total. The van der Waals surface area contributed by atoms with Gasteiger partial charge in [0.1, 0.15) is 12.3 Å². The number of Topliss-reactive ketones (excluding diaryl/α,β-unsaturated/α-hetero) is 1. The molecule has 9 atom stereocenters. The maximum atomic E-state index is 17.4. The van der Waals surface area contributed by atoms with E-state index in [1.54, 1.807) is 13.0 Å². The predicted octanol–water partition coefficient (Wildman–Crippen LogP) is 3.33. The van der Waals surface area contributed by atoms with Gasteiger partial charge >= 0.3 is 5.97 Å². The van der Waals surface area contributed by atoms with E-state index in [-0.39, 0.29) is 36.9 Å². The third-order valence-corrected chi connectivity index (χ3v) is 10.0. The number of aliphatic hydroxyl groups is 2. The highest BCUT2D eigenvalue weighted by atomic mass is 19.1. The molecule has 0 aromatic rings. The smallest absolute Gasteiger partial charge is 0.306 e. The Morgan fingerprint density at radius 3 is 2.48 bits per heavy atom. The second-order valence-electron chi connectivity index (χ2n) is 11.4. The summed E-state index contributed by atoms with van der Waals surface area (Å²) < 4.78 is 23.3. The van der Waals surface area contributed by atoms with Crippen molar-refractivity contribution in [2.45, 2.75) is 90.5 Å². The van der Waals surface area contributed by atoms with Crippen molar-refractivity contribution in [1.29, 1.82) is 0 Å². The summed E-state index contributed by atoms with van der Waals surface area (Å²) in [4.78, 5) is 37.9. The van der Waals surface area contributed by atoms with Crippen molar-refractivity contribution in [2.24, 2.45) is 34.5 Å². The third kappa shape index (κ3) is 2.87. The van der Waals surface area contributed by atoms with Gasteiger partial charge in [-0.15, -0.1) is 0 Å². The van der Waals surface area contributed by atoms with Crippen molar-refractivity contribution < 1.29 is 33.7 Å². The molecule has 3 fully saturated rings. The summed E-state index contributed by atoms with van der Waals surface area (Å²) >= 11 is 0. The summed E-state index contributed by atoms with van der Waals surface area (Å²) in [7, 11) is 0. The lowest BCUT2D eigenvalue weighted by atomic mass is 9.42. The Hall–Kier alpha value is -1.60. The molecular formula is C26H37FO6. The number of ketones is 2. The van der Waals surface area contributed by atoms with Crippen LogP contribution in [0.15, 0.2) is 11.6 Å². The fourth-order valence-electron chi connectivity index (χ4n) is 8.53. The monoisotopic (exact) mass is 464 g/mol. The fourth-order valence-corrected chi connectivity index (χ4v) is 8.53.